The number of ether oxygens (including phenoxy) is 2. The zero-order valence-electron chi connectivity index (χ0n) is 15.5. The van der Waals surface area contributed by atoms with Gasteiger partial charge in [-0.05, 0) is 30.7 Å². The normalized spacial score (nSPS) is 10.5. The summed E-state index contributed by atoms with van der Waals surface area (Å²) >= 11 is 12.4. The van der Waals surface area contributed by atoms with Crippen LogP contribution in [-0.2, 0) is 0 Å². The topological polar surface area (TPSA) is 94.3 Å². The van der Waals surface area contributed by atoms with Crippen LogP contribution in [0.15, 0.2) is 36.7 Å². The highest BCUT2D eigenvalue weighted by Crippen LogP contribution is 2.38. The highest BCUT2D eigenvalue weighted by molar-refractivity contribution is 6.32. The summed E-state index contributed by atoms with van der Waals surface area (Å²) in [6.45, 7) is 1.93. The van der Waals surface area contributed by atoms with Crippen LogP contribution in [0, 0.1) is 6.92 Å². The molecule has 3 rings (SSSR count). The van der Waals surface area contributed by atoms with Gasteiger partial charge in [0.25, 0.3) is 0 Å². The van der Waals surface area contributed by atoms with Gasteiger partial charge in [-0.3, -0.25) is 0 Å². The summed E-state index contributed by atoms with van der Waals surface area (Å²) < 4.78 is 10.6. The van der Waals surface area contributed by atoms with E-state index in [1.54, 1.807) is 25.3 Å². The Bertz CT molecular complexity index is 1010. The molecule has 0 aliphatic carbocycles. The Morgan fingerprint density at radius 3 is 2.21 bits per heavy atom. The van der Waals surface area contributed by atoms with Gasteiger partial charge in [-0.2, -0.15) is 0 Å². The Balaban J connectivity index is 1.91. The Hall–Kier alpha value is -2.90. The number of anilines is 5. The summed E-state index contributed by atoms with van der Waals surface area (Å²) in [4.78, 5) is 8.42. The van der Waals surface area contributed by atoms with Crippen LogP contribution in [-0.4, -0.2) is 24.2 Å². The number of nitrogens with one attached hydrogen (secondary N) is 2. The summed E-state index contributed by atoms with van der Waals surface area (Å²) in [5, 5.41) is 7.34. The van der Waals surface area contributed by atoms with E-state index >= 15 is 0 Å². The maximum Gasteiger partial charge on any atom is 0.159 e. The minimum absolute atomic E-state index is 0.327. The standard InChI is InChI=1S/C19H19Cl2N5O2/c1-10-4-5-11(6-12(10)20)25-18-17(22)19(24-9-23-18)26-14-7-13(21)15(27-2)8-16(14)28-3/h4-9H,22H2,1-3H3,(H2,23,24,25,26). The van der Waals surface area contributed by atoms with Crippen molar-refractivity contribution < 1.29 is 9.47 Å². The van der Waals surface area contributed by atoms with Crippen LogP contribution in [0.2, 0.25) is 10.0 Å². The molecule has 3 aromatic rings. The molecule has 0 saturated carbocycles. The van der Waals surface area contributed by atoms with Gasteiger partial charge < -0.3 is 25.8 Å². The van der Waals surface area contributed by atoms with Gasteiger partial charge >= 0.3 is 0 Å². The molecule has 28 heavy (non-hydrogen) atoms. The molecular formula is C19H19Cl2N5O2. The molecule has 9 heteroatoms. The van der Waals surface area contributed by atoms with Crippen LogP contribution in [0.3, 0.4) is 0 Å². The molecule has 1 aromatic heterocycles. The lowest BCUT2D eigenvalue weighted by molar-refractivity contribution is 0.396. The summed E-state index contributed by atoms with van der Waals surface area (Å²) in [5.74, 6) is 1.86. The number of aromatic nitrogens is 2. The van der Waals surface area contributed by atoms with E-state index in [4.69, 9.17) is 38.4 Å². The summed E-state index contributed by atoms with van der Waals surface area (Å²) in [6.07, 6.45) is 1.40. The van der Waals surface area contributed by atoms with Crippen molar-refractivity contribution in [2.75, 3.05) is 30.6 Å². The highest BCUT2D eigenvalue weighted by atomic mass is 35.5. The molecule has 1 heterocycles. The average Bonchev–Trinajstić information content (AvgIpc) is 2.68. The highest BCUT2D eigenvalue weighted by Gasteiger charge is 2.14. The number of benzene rings is 2. The van der Waals surface area contributed by atoms with Gasteiger partial charge in [0.15, 0.2) is 11.6 Å². The number of nitrogens with two attached hydrogens (primary N) is 1. The number of aryl methyl sites for hydroxylation is 1. The predicted molar refractivity (Wildman–Crippen MR) is 114 cm³/mol. The van der Waals surface area contributed by atoms with E-state index in [0.717, 1.165) is 11.3 Å². The fourth-order valence-corrected chi connectivity index (χ4v) is 2.91. The van der Waals surface area contributed by atoms with E-state index < -0.39 is 0 Å². The number of halogens is 2. The predicted octanol–water partition coefficient (Wildman–Crippen LogP) is 5.18. The van der Waals surface area contributed by atoms with Crippen molar-refractivity contribution in [1.82, 2.24) is 9.97 Å². The molecule has 0 radical (unpaired) electrons. The van der Waals surface area contributed by atoms with Crippen molar-refractivity contribution in [1.29, 1.82) is 0 Å². The number of methoxy groups -OCH3 is 2. The van der Waals surface area contributed by atoms with Crippen LogP contribution >= 0.6 is 23.2 Å². The van der Waals surface area contributed by atoms with Crippen molar-refractivity contribution in [3.63, 3.8) is 0 Å². The van der Waals surface area contributed by atoms with Crippen molar-refractivity contribution in [2.24, 2.45) is 0 Å². The monoisotopic (exact) mass is 419 g/mol. The van der Waals surface area contributed by atoms with Gasteiger partial charge in [0.1, 0.15) is 23.5 Å². The van der Waals surface area contributed by atoms with Crippen molar-refractivity contribution in [3.05, 3.63) is 52.3 Å². The molecule has 0 saturated heterocycles. The van der Waals surface area contributed by atoms with Crippen LogP contribution in [0.5, 0.6) is 11.5 Å². The molecule has 0 unspecified atom stereocenters. The second kappa shape index (κ2) is 8.41. The second-order valence-corrected chi connectivity index (χ2v) is 6.70. The smallest absolute Gasteiger partial charge is 0.159 e. The molecule has 0 aliphatic rings. The Morgan fingerprint density at radius 2 is 1.57 bits per heavy atom. The third-order valence-electron chi connectivity index (χ3n) is 4.05. The van der Waals surface area contributed by atoms with Gasteiger partial charge in [-0.1, -0.05) is 29.3 Å². The van der Waals surface area contributed by atoms with E-state index in [1.807, 2.05) is 19.1 Å². The maximum atomic E-state index is 6.25. The third-order valence-corrected chi connectivity index (χ3v) is 4.75. The number of nitrogens with zero attached hydrogens (tertiary/aromatic N) is 2. The number of nitrogen functional groups attached to an aromatic ring is 1. The summed E-state index contributed by atoms with van der Waals surface area (Å²) in [7, 11) is 3.08. The second-order valence-electron chi connectivity index (χ2n) is 5.89. The first-order valence-corrected chi connectivity index (χ1v) is 9.00. The minimum Gasteiger partial charge on any atom is -0.495 e. The van der Waals surface area contributed by atoms with Crippen molar-refractivity contribution >= 4 is 51.9 Å². The molecule has 0 bridgehead atoms. The Kier molecular flexibility index (Phi) is 5.96. The lowest BCUT2D eigenvalue weighted by atomic mass is 10.2. The number of rotatable bonds is 6. The van der Waals surface area contributed by atoms with Gasteiger partial charge in [0, 0.05) is 16.8 Å². The van der Waals surface area contributed by atoms with Gasteiger partial charge in [-0.25, -0.2) is 9.97 Å². The van der Waals surface area contributed by atoms with Crippen LogP contribution in [0.25, 0.3) is 0 Å². The molecule has 146 valence electrons. The molecule has 0 spiro atoms. The molecule has 0 fully saturated rings. The first-order chi connectivity index (χ1) is 13.4. The van der Waals surface area contributed by atoms with Crippen molar-refractivity contribution in [2.45, 2.75) is 6.92 Å². The molecular weight excluding hydrogens is 401 g/mol. The molecule has 0 aliphatic heterocycles. The zero-order chi connectivity index (χ0) is 20.3. The first kappa shape index (κ1) is 19.9. The van der Waals surface area contributed by atoms with E-state index in [9.17, 15) is 0 Å². The van der Waals surface area contributed by atoms with E-state index in [2.05, 4.69) is 20.6 Å². The van der Waals surface area contributed by atoms with Gasteiger partial charge in [0.05, 0.1) is 24.9 Å². The van der Waals surface area contributed by atoms with Gasteiger partial charge in [0.2, 0.25) is 0 Å². The fourth-order valence-electron chi connectivity index (χ4n) is 2.49. The summed E-state index contributed by atoms with van der Waals surface area (Å²) in [5.41, 5.74) is 8.91. The van der Waals surface area contributed by atoms with Crippen LogP contribution < -0.4 is 25.8 Å². The first-order valence-electron chi connectivity index (χ1n) is 8.25. The van der Waals surface area contributed by atoms with Crippen molar-refractivity contribution in [3.8, 4) is 11.5 Å². The van der Waals surface area contributed by atoms with E-state index in [-0.39, 0.29) is 0 Å². The van der Waals surface area contributed by atoms with Gasteiger partial charge in [-0.15, -0.1) is 0 Å². The van der Waals surface area contributed by atoms with Crippen LogP contribution in [0.4, 0.5) is 28.7 Å². The number of hydrogen-bond donors (Lipinski definition) is 3. The van der Waals surface area contributed by atoms with Crippen LogP contribution in [0.1, 0.15) is 5.56 Å². The molecule has 0 atom stereocenters. The van der Waals surface area contributed by atoms with E-state index in [0.29, 0.717) is 44.6 Å². The zero-order valence-corrected chi connectivity index (χ0v) is 17.0. The minimum atomic E-state index is 0.327. The summed E-state index contributed by atoms with van der Waals surface area (Å²) in [6, 6.07) is 8.95. The fraction of sp³-hybridized carbons (Fsp3) is 0.158. The van der Waals surface area contributed by atoms with E-state index in [1.165, 1.54) is 13.4 Å². The quantitative estimate of drug-likeness (QED) is 0.506. The average molecular weight is 420 g/mol. The lowest BCUT2D eigenvalue weighted by Gasteiger charge is -2.16. The Labute approximate surface area is 172 Å². The maximum absolute atomic E-state index is 6.25. The molecule has 4 N–H and O–H groups in total. The SMILES string of the molecule is COc1cc(OC)c(Nc2ncnc(Nc3ccc(C)c(Cl)c3)c2N)cc1Cl. The molecule has 2 aromatic carbocycles. The molecule has 7 nitrogen and oxygen atoms in total. The third kappa shape index (κ3) is 4.16. The Morgan fingerprint density at radius 1 is 0.893 bits per heavy atom. The lowest BCUT2D eigenvalue weighted by Crippen LogP contribution is -2.06. The molecule has 0 amide bonds. The largest absolute Gasteiger partial charge is 0.495 e. The number of hydrogen-bond acceptors (Lipinski definition) is 7.